The number of pyridine rings is 1. The molecule has 0 atom stereocenters. The first-order valence-electron chi connectivity index (χ1n) is 3.61. The molecule has 2 nitrogen and oxygen atoms in total. The SMILES string of the molecule is C=CCOc1ccc(C)nc1Cl. The Hall–Kier alpha value is -1.02. The number of hydrogen-bond donors (Lipinski definition) is 0. The zero-order valence-corrected chi connectivity index (χ0v) is 7.64. The third-order valence-electron chi connectivity index (χ3n) is 1.31. The van der Waals surface area contributed by atoms with Crippen molar-refractivity contribution in [2.75, 3.05) is 6.61 Å². The molecule has 3 heteroatoms. The molecule has 12 heavy (non-hydrogen) atoms. The van der Waals surface area contributed by atoms with Crippen molar-refractivity contribution in [3.8, 4) is 5.75 Å². The number of nitrogens with zero attached hydrogens (tertiary/aromatic N) is 1. The summed E-state index contributed by atoms with van der Waals surface area (Å²) < 4.78 is 5.23. The molecule has 0 aromatic carbocycles. The second kappa shape index (κ2) is 4.12. The van der Waals surface area contributed by atoms with Crippen LogP contribution in [-0.2, 0) is 0 Å². The van der Waals surface area contributed by atoms with Crippen molar-refractivity contribution in [2.45, 2.75) is 6.92 Å². The van der Waals surface area contributed by atoms with Crippen LogP contribution in [0.25, 0.3) is 0 Å². The number of halogens is 1. The van der Waals surface area contributed by atoms with Crippen molar-refractivity contribution in [1.29, 1.82) is 0 Å². The maximum atomic E-state index is 5.79. The molecule has 0 fully saturated rings. The summed E-state index contributed by atoms with van der Waals surface area (Å²) in [6.07, 6.45) is 1.66. The number of hydrogen-bond acceptors (Lipinski definition) is 2. The Bertz CT molecular complexity index is 286. The lowest BCUT2D eigenvalue weighted by molar-refractivity contribution is 0.362. The molecule has 0 radical (unpaired) electrons. The van der Waals surface area contributed by atoms with Crippen LogP contribution >= 0.6 is 11.6 Å². The van der Waals surface area contributed by atoms with Gasteiger partial charge in [-0.2, -0.15) is 0 Å². The molecule has 1 aromatic heterocycles. The highest BCUT2D eigenvalue weighted by atomic mass is 35.5. The molecule has 0 aliphatic carbocycles. The smallest absolute Gasteiger partial charge is 0.171 e. The van der Waals surface area contributed by atoms with Crippen LogP contribution in [0.5, 0.6) is 5.75 Å². The molecule has 0 spiro atoms. The van der Waals surface area contributed by atoms with Gasteiger partial charge in [0.15, 0.2) is 10.9 Å². The van der Waals surface area contributed by atoms with E-state index >= 15 is 0 Å². The highest BCUT2D eigenvalue weighted by Crippen LogP contribution is 2.21. The Labute approximate surface area is 76.8 Å². The van der Waals surface area contributed by atoms with Gasteiger partial charge in [0.05, 0.1) is 0 Å². The van der Waals surface area contributed by atoms with Gasteiger partial charge in [-0.15, -0.1) is 0 Å². The first-order valence-corrected chi connectivity index (χ1v) is 3.98. The topological polar surface area (TPSA) is 22.1 Å². The maximum Gasteiger partial charge on any atom is 0.171 e. The van der Waals surface area contributed by atoms with Crippen LogP contribution in [0, 0.1) is 6.92 Å². The normalized spacial score (nSPS) is 9.50. The fourth-order valence-electron chi connectivity index (χ4n) is 0.769. The van der Waals surface area contributed by atoms with Crippen LogP contribution in [0.2, 0.25) is 5.15 Å². The Morgan fingerprint density at radius 1 is 1.67 bits per heavy atom. The van der Waals surface area contributed by atoms with Crippen LogP contribution in [0.3, 0.4) is 0 Å². The van der Waals surface area contributed by atoms with Gasteiger partial charge in [-0.05, 0) is 19.1 Å². The van der Waals surface area contributed by atoms with Crippen molar-refractivity contribution in [2.24, 2.45) is 0 Å². The highest BCUT2D eigenvalue weighted by molar-refractivity contribution is 6.30. The predicted octanol–water partition coefficient (Wildman–Crippen LogP) is 2.61. The van der Waals surface area contributed by atoms with Crippen molar-refractivity contribution in [3.05, 3.63) is 35.6 Å². The third kappa shape index (κ3) is 2.24. The third-order valence-corrected chi connectivity index (χ3v) is 1.58. The molecule has 0 saturated carbocycles. The quantitative estimate of drug-likeness (QED) is 0.531. The summed E-state index contributed by atoms with van der Waals surface area (Å²) in [5.74, 6) is 0.599. The average molecular weight is 184 g/mol. The zero-order chi connectivity index (χ0) is 8.97. The number of aryl methyl sites for hydroxylation is 1. The molecule has 0 amide bonds. The maximum absolute atomic E-state index is 5.79. The summed E-state index contributed by atoms with van der Waals surface area (Å²) in [4.78, 5) is 4.03. The molecule has 0 bridgehead atoms. The lowest BCUT2D eigenvalue weighted by atomic mass is 10.4. The van der Waals surface area contributed by atoms with Crippen LogP contribution in [-0.4, -0.2) is 11.6 Å². The lowest BCUT2D eigenvalue weighted by Gasteiger charge is -2.04. The van der Waals surface area contributed by atoms with Crippen molar-refractivity contribution < 1.29 is 4.74 Å². The second-order valence-corrected chi connectivity index (χ2v) is 2.70. The monoisotopic (exact) mass is 183 g/mol. The Kier molecular flexibility index (Phi) is 3.11. The molecular weight excluding hydrogens is 174 g/mol. The van der Waals surface area contributed by atoms with Crippen LogP contribution < -0.4 is 4.74 Å². The lowest BCUT2D eigenvalue weighted by Crippen LogP contribution is -1.95. The Morgan fingerprint density at radius 3 is 3.00 bits per heavy atom. The predicted molar refractivity (Wildman–Crippen MR) is 49.7 cm³/mol. The van der Waals surface area contributed by atoms with Gasteiger partial charge < -0.3 is 4.74 Å². The van der Waals surface area contributed by atoms with Gasteiger partial charge in [-0.25, -0.2) is 4.98 Å². The van der Waals surface area contributed by atoms with Gasteiger partial charge in [-0.3, -0.25) is 0 Å². The van der Waals surface area contributed by atoms with Gasteiger partial charge in [0.25, 0.3) is 0 Å². The van der Waals surface area contributed by atoms with E-state index in [4.69, 9.17) is 16.3 Å². The minimum Gasteiger partial charge on any atom is -0.486 e. The fourth-order valence-corrected chi connectivity index (χ4v) is 1.02. The summed E-state index contributed by atoms with van der Waals surface area (Å²) in [6, 6.07) is 3.65. The van der Waals surface area contributed by atoms with Crippen LogP contribution in [0.1, 0.15) is 5.69 Å². The second-order valence-electron chi connectivity index (χ2n) is 2.34. The zero-order valence-electron chi connectivity index (χ0n) is 6.88. The van der Waals surface area contributed by atoms with E-state index < -0.39 is 0 Å². The molecule has 0 unspecified atom stereocenters. The molecule has 64 valence electrons. The average Bonchev–Trinajstić information content (AvgIpc) is 2.03. The van der Waals surface area contributed by atoms with E-state index in [1.165, 1.54) is 0 Å². The summed E-state index contributed by atoms with van der Waals surface area (Å²) in [5, 5.41) is 0.400. The standard InChI is InChI=1S/C9H10ClNO/c1-3-6-12-8-5-4-7(2)11-9(8)10/h3-5H,1,6H2,2H3. The highest BCUT2D eigenvalue weighted by Gasteiger charge is 2.00. The number of rotatable bonds is 3. The van der Waals surface area contributed by atoms with E-state index in [-0.39, 0.29) is 0 Å². The van der Waals surface area contributed by atoms with E-state index in [1.807, 2.05) is 13.0 Å². The molecule has 0 N–H and O–H groups in total. The Balaban J connectivity index is 2.78. The van der Waals surface area contributed by atoms with Gasteiger partial charge in [0.1, 0.15) is 6.61 Å². The summed E-state index contributed by atoms with van der Waals surface area (Å²) in [5.41, 5.74) is 0.881. The van der Waals surface area contributed by atoms with Crippen molar-refractivity contribution in [3.63, 3.8) is 0 Å². The van der Waals surface area contributed by atoms with Gasteiger partial charge in [-0.1, -0.05) is 24.3 Å². The summed E-state index contributed by atoms with van der Waals surface area (Å²) >= 11 is 5.79. The minimum absolute atomic E-state index is 0.400. The molecule has 1 aromatic rings. The molecular formula is C9H10ClNO. The van der Waals surface area contributed by atoms with Gasteiger partial charge >= 0.3 is 0 Å². The van der Waals surface area contributed by atoms with E-state index in [1.54, 1.807) is 12.1 Å². The van der Waals surface area contributed by atoms with E-state index in [2.05, 4.69) is 11.6 Å². The van der Waals surface area contributed by atoms with Crippen LogP contribution in [0.15, 0.2) is 24.8 Å². The molecule has 0 aliphatic rings. The van der Waals surface area contributed by atoms with Crippen molar-refractivity contribution in [1.82, 2.24) is 4.98 Å². The van der Waals surface area contributed by atoms with Crippen molar-refractivity contribution >= 4 is 11.6 Å². The molecule has 0 saturated heterocycles. The van der Waals surface area contributed by atoms with Gasteiger partial charge in [0.2, 0.25) is 0 Å². The van der Waals surface area contributed by atoms with E-state index in [9.17, 15) is 0 Å². The number of ether oxygens (including phenoxy) is 1. The molecule has 1 heterocycles. The van der Waals surface area contributed by atoms with E-state index in [0.29, 0.717) is 17.5 Å². The first-order chi connectivity index (χ1) is 5.74. The summed E-state index contributed by atoms with van der Waals surface area (Å²) in [7, 11) is 0. The van der Waals surface area contributed by atoms with Crippen LogP contribution in [0.4, 0.5) is 0 Å². The molecule has 1 rings (SSSR count). The first kappa shape index (κ1) is 9.07. The Morgan fingerprint density at radius 2 is 2.42 bits per heavy atom. The molecule has 0 aliphatic heterocycles. The number of aromatic nitrogens is 1. The fraction of sp³-hybridized carbons (Fsp3) is 0.222. The minimum atomic E-state index is 0.400. The van der Waals surface area contributed by atoms with E-state index in [0.717, 1.165) is 5.69 Å². The summed E-state index contributed by atoms with van der Waals surface area (Å²) in [6.45, 7) is 5.86. The van der Waals surface area contributed by atoms with Gasteiger partial charge in [0, 0.05) is 5.69 Å². The largest absolute Gasteiger partial charge is 0.486 e.